The van der Waals surface area contributed by atoms with E-state index in [4.69, 9.17) is 5.73 Å². The summed E-state index contributed by atoms with van der Waals surface area (Å²) in [6, 6.07) is 9.07. The van der Waals surface area contributed by atoms with Gasteiger partial charge in [0, 0.05) is 30.1 Å². The van der Waals surface area contributed by atoms with Crippen molar-refractivity contribution in [2.45, 2.75) is 62.9 Å². The van der Waals surface area contributed by atoms with Crippen LogP contribution in [0, 0.1) is 0 Å². The number of fused-ring (bicyclic) bond motifs is 1. The normalized spacial score (nSPS) is 17.9. The van der Waals surface area contributed by atoms with Gasteiger partial charge < -0.3 is 41.6 Å². The molecule has 1 aromatic heterocycles. The summed E-state index contributed by atoms with van der Waals surface area (Å²) in [4.78, 5) is 55.9. The van der Waals surface area contributed by atoms with Gasteiger partial charge >= 0.3 is 5.97 Å². The highest BCUT2D eigenvalue weighted by molar-refractivity contribution is 5.95. The van der Waals surface area contributed by atoms with Crippen LogP contribution in [0.2, 0.25) is 0 Å². The summed E-state index contributed by atoms with van der Waals surface area (Å²) in [6.45, 7) is 1.61. The lowest BCUT2D eigenvalue weighted by Gasteiger charge is -2.29. The molecule has 1 aliphatic heterocycles. The molecule has 2 aromatic carbocycles. The van der Waals surface area contributed by atoms with Crippen molar-refractivity contribution < 1.29 is 34.5 Å². The Hall–Kier alpha value is -4.42. The largest absolute Gasteiger partial charge is 0.508 e. The van der Waals surface area contributed by atoms with Gasteiger partial charge in [0.25, 0.3) is 0 Å². The number of nitrogens with two attached hydrogens (primary N) is 1. The first kappa shape index (κ1) is 29.6. The summed E-state index contributed by atoms with van der Waals surface area (Å²) in [5.74, 6) is -3.11. The summed E-state index contributed by atoms with van der Waals surface area (Å²) in [5.41, 5.74) is 8.41. The highest BCUT2D eigenvalue weighted by Crippen LogP contribution is 2.21. The molecule has 0 saturated carbocycles. The smallest absolute Gasteiger partial charge is 0.326 e. The number of likely N-dealkylation sites (tertiary alicyclic amines) is 1. The number of aliphatic hydroxyl groups is 1. The number of para-hydroxylation sites is 1. The SMILES string of the molecule is CC(O)C(NC(=O)C1CCCN1C(=O)C(N)Cc1ccc(O)cc1)C(=O)NC(Cc1c[nH]c2ccccc12)C(=O)O. The van der Waals surface area contributed by atoms with Crippen LogP contribution in [-0.4, -0.2) is 85.7 Å². The zero-order valence-corrected chi connectivity index (χ0v) is 22.6. The predicted molar refractivity (Wildman–Crippen MR) is 150 cm³/mol. The lowest BCUT2D eigenvalue weighted by atomic mass is 10.0. The summed E-state index contributed by atoms with van der Waals surface area (Å²) in [5, 5.41) is 35.3. The Bertz CT molecular complexity index is 1400. The number of aliphatic carboxylic acids is 1. The van der Waals surface area contributed by atoms with Crippen molar-refractivity contribution in [3.8, 4) is 5.75 Å². The lowest BCUT2D eigenvalue weighted by Crippen LogP contribution is -2.59. The third-order valence-corrected chi connectivity index (χ3v) is 7.32. The number of amides is 3. The van der Waals surface area contributed by atoms with E-state index in [0.717, 1.165) is 16.5 Å². The number of nitrogens with one attached hydrogen (secondary N) is 3. The number of phenolic OH excluding ortho intramolecular Hbond substituents is 1. The summed E-state index contributed by atoms with van der Waals surface area (Å²) in [6.07, 6.45) is 1.41. The standard InChI is InChI=1S/C29H35N5O7/c1-16(35)25(27(38)32-23(29(40)41)14-18-15-31-22-6-3-2-5-20(18)22)33-26(37)24-7-4-12-34(24)28(39)21(30)13-17-8-10-19(36)11-9-17/h2-3,5-6,8-11,15-16,21,23-25,31,35-36H,4,7,12-14,30H2,1H3,(H,32,38)(H,33,37)(H,40,41). The van der Waals surface area contributed by atoms with Crippen molar-refractivity contribution in [3.63, 3.8) is 0 Å². The zero-order valence-electron chi connectivity index (χ0n) is 22.6. The third kappa shape index (κ3) is 7.02. The minimum atomic E-state index is -1.45. The van der Waals surface area contributed by atoms with Crippen LogP contribution in [0.5, 0.6) is 5.75 Å². The van der Waals surface area contributed by atoms with E-state index in [1.54, 1.807) is 18.3 Å². The van der Waals surface area contributed by atoms with Crippen LogP contribution in [0.3, 0.4) is 0 Å². The highest BCUT2D eigenvalue weighted by atomic mass is 16.4. The van der Waals surface area contributed by atoms with E-state index < -0.39 is 54.0 Å². The molecule has 0 bridgehead atoms. The van der Waals surface area contributed by atoms with Crippen LogP contribution in [-0.2, 0) is 32.0 Å². The van der Waals surface area contributed by atoms with E-state index in [0.29, 0.717) is 24.9 Å². The van der Waals surface area contributed by atoms with Crippen LogP contribution in [0.1, 0.15) is 30.9 Å². The molecule has 41 heavy (non-hydrogen) atoms. The number of H-pyrrole nitrogens is 1. The predicted octanol–water partition coefficient (Wildman–Crippen LogP) is 0.412. The van der Waals surface area contributed by atoms with Crippen LogP contribution in [0.4, 0.5) is 0 Å². The number of aliphatic hydroxyl groups excluding tert-OH is 1. The molecule has 1 aliphatic rings. The molecule has 0 radical (unpaired) electrons. The van der Waals surface area contributed by atoms with Gasteiger partial charge in [0.05, 0.1) is 12.1 Å². The minimum Gasteiger partial charge on any atom is -0.508 e. The monoisotopic (exact) mass is 565 g/mol. The Morgan fingerprint density at radius 2 is 1.78 bits per heavy atom. The fourth-order valence-electron chi connectivity index (χ4n) is 5.13. The molecule has 3 aromatic rings. The minimum absolute atomic E-state index is 0.0185. The molecule has 4 rings (SSSR count). The molecule has 0 aliphatic carbocycles. The van der Waals surface area contributed by atoms with Crippen LogP contribution >= 0.6 is 0 Å². The van der Waals surface area contributed by atoms with Crippen LogP contribution in [0.25, 0.3) is 10.9 Å². The third-order valence-electron chi connectivity index (χ3n) is 7.32. The molecule has 12 heteroatoms. The zero-order chi connectivity index (χ0) is 29.7. The number of carboxylic acids is 1. The number of nitrogens with zero attached hydrogens (tertiary/aromatic N) is 1. The van der Waals surface area contributed by atoms with Crippen molar-refractivity contribution in [2.24, 2.45) is 5.73 Å². The number of carbonyl (C=O) groups excluding carboxylic acids is 3. The molecule has 2 heterocycles. The number of hydrogen-bond acceptors (Lipinski definition) is 7. The molecular formula is C29H35N5O7. The Kier molecular flexibility index (Phi) is 9.25. The second-order valence-electron chi connectivity index (χ2n) is 10.4. The van der Waals surface area contributed by atoms with E-state index in [-0.39, 0.29) is 18.6 Å². The van der Waals surface area contributed by atoms with Gasteiger partial charge in [0.2, 0.25) is 17.7 Å². The number of aromatic hydroxyl groups is 1. The first-order valence-corrected chi connectivity index (χ1v) is 13.5. The molecule has 1 saturated heterocycles. The van der Waals surface area contributed by atoms with Crippen LogP contribution in [0.15, 0.2) is 54.7 Å². The van der Waals surface area contributed by atoms with Crippen LogP contribution < -0.4 is 16.4 Å². The number of aromatic amines is 1. The fourth-order valence-corrected chi connectivity index (χ4v) is 5.13. The first-order chi connectivity index (χ1) is 19.5. The fraction of sp³-hybridized carbons (Fsp3) is 0.379. The number of aromatic nitrogens is 1. The first-order valence-electron chi connectivity index (χ1n) is 13.5. The van der Waals surface area contributed by atoms with Crippen molar-refractivity contribution in [3.05, 3.63) is 65.9 Å². The molecule has 1 fully saturated rings. The molecular weight excluding hydrogens is 530 g/mol. The summed E-state index contributed by atoms with van der Waals surface area (Å²) in [7, 11) is 0. The lowest BCUT2D eigenvalue weighted by molar-refractivity contribution is -0.144. The number of carboxylic acid groups (broad SMARTS) is 1. The molecule has 5 atom stereocenters. The Morgan fingerprint density at radius 1 is 1.07 bits per heavy atom. The van der Waals surface area contributed by atoms with E-state index in [9.17, 15) is 34.5 Å². The van der Waals surface area contributed by atoms with Crippen molar-refractivity contribution in [2.75, 3.05) is 6.54 Å². The quantitative estimate of drug-likeness (QED) is 0.173. The average Bonchev–Trinajstić information content (AvgIpc) is 3.59. The van der Waals surface area contributed by atoms with Gasteiger partial charge in [0.15, 0.2) is 0 Å². The Balaban J connectivity index is 1.40. The van der Waals surface area contributed by atoms with Gasteiger partial charge in [-0.1, -0.05) is 30.3 Å². The topological polar surface area (TPSA) is 198 Å². The van der Waals surface area contributed by atoms with Crippen molar-refractivity contribution in [1.29, 1.82) is 0 Å². The Morgan fingerprint density at radius 3 is 2.46 bits per heavy atom. The molecule has 218 valence electrons. The second kappa shape index (κ2) is 12.8. The number of benzene rings is 2. The van der Waals surface area contributed by atoms with Gasteiger partial charge in [-0.05, 0) is 55.5 Å². The summed E-state index contributed by atoms with van der Waals surface area (Å²) < 4.78 is 0. The highest BCUT2D eigenvalue weighted by Gasteiger charge is 2.39. The van der Waals surface area contributed by atoms with Gasteiger partial charge in [-0.3, -0.25) is 14.4 Å². The molecule has 12 nitrogen and oxygen atoms in total. The van der Waals surface area contributed by atoms with Gasteiger partial charge in [0.1, 0.15) is 23.9 Å². The van der Waals surface area contributed by atoms with Gasteiger partial charge in [-0.25, -0.2) is 4.79 Å². The van der Waals surface area contributed by atoms with Crippen molar-refractivity contribution >= 4 is 34.6 Å². The van der Waals surface area contributed by atoms with E-state index in [1.807, 2.05) is 24.3 Å². The number of phenols is 1. The second-order valence-corrected chi connectivity index (χ2v) is 10.4. The maximum Gasteiger partial charge on any atom is 0.326 e. The molecule has 0 spiro atoms. The Labute approximate surface area is 236 Å². The molecule has 3 amide bonds. The van der Waals surface area contributed by atoms with E-state index in [2.05, 4.69) is 15.6 Å². The summed E-state index contributed by atoms with van der Waals surface area (Å²) >= 11 is 0. The maximum atomic E-state index is 13.2. The number of carbonyl (C=O) groups is 4. The van der Waals surface area contributed by atoms with E-state index in [1.165, 1.54) is 24.0 Å². The maximum absolute atomic E-state index is 13.2. The van der Waals surface area contributed by atoms with Gasteiger partial charge in [-0.15, -0.1) is 0 Å². The van der Waals surface area contributed by atoms with E-state index >= 15 is 0 Å². The average molecular weight is 566 g/mol. The van der Waals surface area contributed by atoms with Gasteiger partial charge in [-0.2, -0.15) is 0 Å². The molecule has 5 unspecified atom stereocenters. The van der Waals surface area contributed by atoms with Crippen molar-refractivity contribution in [1.82, 2.24) is 20.5 Å². The number of rotatable bonds is 11. The molecule has 8 N–H and O–H groups in total. The number of hydrogen-bond donors (Lipinski definition) is 7.